The van der Waals surface area contributed by atoms with E-state index in [4.69, 9.17) is 15.6 Å². The van der Waals surface area contributed by atoms with Crippen LogP contribution in [0.2, 0.25) is 0 Å². The van der Waals surface area contributed by atoms with Gasteiger partial charge in [-0.3, -0.25) is 0 Å². The maximum absolute atomic E-state index is 11.8. The number of nitrogen functional groups attached to an aromatic ring is 1. The molecule has 0 aliphatic rings. The van der Waals surface area contributed by atoms with Crippen molar-refractivity contribution >= 4 is 17.3 Å². The van der Waals surface area contributed by atoms with Gasteiger partial charge in [-0.15, -0.1) is 0 Å². The number of ether oxygens (including phenoxy) is 1. The summed E-state index contributed by atoms with van der Waals surface area (Å²) in [6, 6.07) is 5.14. The number of aliphatic hydroxyl groups is 1. The molecular weight excluding hydrogens is 244 g/mol. The highest BCUT2D eigenvalue weighted by Crippen LogP contribution is 2.22. The fourth-order valence-electron chi connectivity index (χ4n) is 1.73. The lowest BCUT2D eigenvalue weighted by Gasteiger charge is -2.15. The Morgan fingerprint density at radius 3 is 2.63 bits per heavy atom. The van der Waals surface area contributed by atoms with Crippen molar-refractivity contribution in [1.82, 2.24) is 0 Å². The number of hydrogen-bond acceptors (Lipinski definition) is 5. The minimum absolute atomic E-state index is 0.177. The molecule has 3 N–H and O–H groups in total. The Hall–Kier alpha value is -1.75. The van der Waals surface area contributed by atoms with Gasteiger partial charge in [-0.25, -0.2) is 4.79 Å². The molecule has 5 heteroatoms. The highest BCUT2D eigenvalue weighted by atomic mass is 16.5. The monoisotopic (exact) mass is 266 g/mol. The molecule has 0 aliphatic carbocycles. The molecule has 1 aromatic carbocycles. The van der Waals surface area contributed by atoms with Crippen LogP contribution in [0, 0.1) is 0 Å². The predicted octanol–water partition coefficient (Wildman–Crippen LogP) is 1.65. The number of carbonyl (C=O) groups is 1. The average Bonchev–Trinajstić information content (AvgIpc) is 2.37. The number of nitrogens with zero attached hydrogens (tertiary/aromatic N) is 1. The molecule has 0 spiro atoms. The highest BCUT2D eigenvalue weighted by Gasteiger charge is 2.10. The molecule has 0 aliphatic heterocycles. The van der Waals surface area contributed by atoms with Gasteiger partial charge in [-0.1, -0.05) is 0 Å². The summed E-state index contributed by atoms with van der Waals surface area (Å²) in [6.45, 7) is 0.546. The van der Waals surface area contributed by atoms with Gasteiger partial charge < -0.3 is 20.5 Å². The summed E-state index contributed by atoms with van der Waals surface area (Å²) in [4.78, 5) is 13.7. The Labute approximate surface area is 114 Å². The second kappa shape index (κ2) is 7.63. The Morgan fingerprint density at radius 2 is 2.05 bits per heavy atom. The van der Waals surface area contributed by atoms with Crippen LogP contribution in [0.25, 0.3) is 0 Å². The number of hydrogen-bond donors (Lipinski definition) is 2. The number of rotatable bonds is 7. The van der Waals surface area contributed by atoms with Gasteiger partial charge in [0.15, 0.2) is 0 Å². The zero-order valence-corrected chi connectivity index (χ0v) is 11.6. The number of unbranched alkanes of at least 4 members (excludes halogenated alkanes) is 2. The molecule has 0 heterocycles. The smallest absolute Gasteiger partial charge is 0.338 e. The summed E-state index contributed by atoms with van der Waals surface area (Å²) in [5, 5.41) is 8.63. The minimum atomic E-state index is -0.360. The molecule has 19 heavy (non-hydrogen) atoms. The number of anilines is 2. The standard InChI is InChI=1S/C14H22N2O3/c1-16(2)13-7-6-11(10-12(13)15)14(18)19-9-5-3-4-8-17/h6-7,10,17H,3-5,8-9,15H2,1-2H3. The maximum Gasteiger partial charge on any atom is 0.338 e. The molecule has 0 saturated heterocycles. The van der Waals surface area contributed by atoms with Gasteiger partial charge in [-0.2, -0.15) is 0 Å². The molecule has 106 valence electrons. The van der Waals surface area contributed by atoms with E-state index >= 15 is 0 Å². The maximum atomic E-state index is 11.8. The first-order valence-electron chi connectivity index (χ1n) is 6.41. The normalized spacial score (nSPS) is 10.3. The van der Waals surface area contributed by atoms with Crippen molar-refractivity contribution in [3.63, 3.8) is 0 Å². The van der Waals surface area contributed by atoms with E-state index in [9.17, 15) is 4.79 Å². The molecule has 0 radical (unpaired) electrons. The SMILES string of the molecule is CN(C)c1ccc(C(=O)OCCCCCO)cc1N. The van der Waals surface area contributed by atoms with Crippen LogP contribution >= 0.6 is 0 Å². The van der Waals surface area contributed by atoms with Gasteiger partial charge in [0, 0.05) is 20.7 Å². The van der Waals surface area contributed by atoms with Gasteiger partial charge in [0.25, 0.3) is 0 Å². The van der Waals surface area contributed by atoms with E-state index in [1.54, 1.807) is 18.2 Å². The lowest BCUT2D eigenvalue weighted by atomic mass is 10.1. The topological polar surface area (TPSA) is 75.8 Å². The molecular formula is C14H22N2O3. The van der Waals surface area contributed by atoms with Gasteiger partial charge >= 0.3 is 5.97 Å². The summed E-state index contributed by atoms with van der Waals surface area (Å²) < 4.78 is 5.14. The third-order valence-corrected chi connectivity index (χ3v) is 2.78. The number of aliphatic hydroxyl groups excluding tert-OH is 1. The molecule has 5 nitrogen and oxygen atoms in total. The molecule has 1 aromatic rings. The third kappa shape index (κ3) is 4.79. The lowest BCUT2D eigenvalue weighted by Crippen LogP contribution is -2.12. The Balaban J connectivity index is 2.51. The number of carbonyl (C=O) groups excluding carboxylic acids is 1. The second-order valence-electron chi connectivity index (χ2n) is 4.59. The van der Waals surface area contributed by atoms with Crippen LogP contribution in [0.15, 0.2) is 18.2 Å². The van der Waals surface area contributed by atoms with Gasteiger partial charge in [0.2, 0.25) is 0 Å². The van der Waals surface area contributed by atoms with E-state index in [1.165, 1.54) is 0 Å². The zero-order valence-electron chi connectivity index (χ0n) is 11.6. The van der Waals surface area contributed by atoms with E-state index in [2.05, 4.69) is 0 Å². The minimum Gasteiger partial charge on any atom is -0.462 e. The number of nitrogens with two attached hydrogens (primary N) is 1. The molecule has 0 aromatic heterocycles. The first-order valence-corrected chi connectivity index (χ1v) is 6.41. The fraction of sp³-hybridized carbons (Fsp3) is 0.500. The van der Waals surface area contributed by atoms with Crippen molar-refractivity contribution in [2.45, 2.75) is 19.3 Å². The van der Waals surface area contributed by atoms with E-state index in [0.717, 1.165) is 24.9 Å². The van der Waals surface area contributed by atoms with E-state index in [0.29, 0.717) is 17.9 Å². The van der Waals surface area contributed by atoms with Crippen LogP contribution < -0.4 is 10.6 Å². The summed E-state index contributed by atoms with van der Waals surface area (Å²) in [5.41, 5.74) is 7.77. The van der Waals surface area contributed by atoms with Crippen LogP contribution in [-0.2, 0) is 4.74 Å². The van der Waals surface area contributed by atoms with E-state index in [1.807, 2.05) is 19.0 Å². The van der Waals surface area contributed by atoms with Crippen molar-refractivity contribution in [3.8, 4) is 0 Å². The van der Waals surface area contributed by atoms with E-state index < -0.39 is 0 Å². The van der Waals surface area contributed by atoms with Crippen molar-refractivity contribution in [2.24, 2.45) is 0 Å². The molecule has 0 atom stereocenters. The first-order chi connectivity index (χ1) is 9.06. The van der Waals surface area contributed by atoms with Crippen LogP contribution in [0.3, 0.4) is 0 Å². The van der Waals surface area contributed by atoms with Crippen LogP contribution in [0.1, 0.15) is 29.6 Å². The largest absolute Gasteiger partial charge is 0.462 e. The third-order valence-electron chi connectivity index (χ3n) is 2.78. The molecule has 0 unspecified atom stereocenters. The van der Waals surface area contributed by atoms with Gasteiger partial charge in [-0.05, 0) is 37.5 Å². The Kier molecular flexibility index (Phi) is 6.15. The van der Waals surface area contributed by atoms with Crippen molar-refractivity contribution in [3.05, 3.63) is 23.8 Å². The van der Waals surface area contributed by atoms with Gasteiger partial charge in [0.1, 0.15) is 0 Å². The predicted molar refractivity (Wildman–Crippen MR) is 76.4 cm³/mol. The molecule has 1 rings (SSSR count). The quantitative estimate of drug-likeness (QED) is 0.446. The molecule has 0 saturated carbocycles. The van der Waals surface area contributed by atoms with Gasteiger partial charge in [0.05, 0.1) is 23.5 Å². The average molecular weight is 266 g/mol. The summed E-state index contributed by atoms with van der Waals surface area (Å²) in [5.74, 6) is -0.360. The number of benzene rings is 1. The summed E-state index contributed by atoms with van der Waals surface area (Å²) in [6.07, 6.45) is 2.35. The molecule has 0 bridgehead atoms. The molecule has 0 fully saturated rings. The van der Waals surface area contributed by atoms with Crippen molar-refractivity contribution in [1.29, 1.82) is 0 Å². The first kappa shape index (κ1) is 15.3. The summed E-state index contributed by atoms with van der Waals surface area (Å²) >= 11 is 0. The van der Waals surface area contributed by atoms with E-state index in [-0.39, 0.29) is 12.6 Å². The Bertz CT molecular complexity index is 419. The van der Waals surface area contributed by atoms with Crippen LogP contribution in [0.4, 0.5) is 11.4 Å². The zero-order chi connectivity index (χ0) is 14.3. The van der Waals surface area contributed by atoms with Crippen molar-refractivity contribution < 1.29 is 14.6 Å². The number of esters is 1. The highest BCUT2D eigenvalue weighted by molar-refractivity contribution is 5.92. The fourth-order valence-corrected chi connectivity index (χ4v) is 1.73. The summed E-state index contributed by atoms with van der Waals surface area (Å²) in [7, 11) is 3.79. The lowest BCUT2D eigenvalue weighted by molar-refractivity contribution is 0.0497. The molecule has 0 amide bonds. The van der Waals surface area contributed by atoms with Crippen LogP contribution in [0.5, 0.6) is 0 Å². The Morgan fingerprint density at radius 1 is 1.32 bits per heavy atom. The second-order valence-corrected chi connectivity index (χ2v) is 4.59. The van der Waals surface area contributed by atoms with Crippen LogP contribution in [-0.4, -0.2) is 38.4 Å². The van der Waals surface area contributed by atoms with Crippen molar-refractivity contribution in [2.75, 3.05) is 37.9 Å².